The van der Waals surface area contributed by atoms with Gasteiger partial charge < -0.3 is 5.32 Å². The monoisotopic (exact) mass is 223 g/mol. The van der Waals surface area contributed by atoms with E-state index in [0.29, 0.717) is 12.3 Å². The van der Waals surface area contributed by atoms with Crippen molar-refractivity contribution in [3.63, 3.8) is 0 Å². The maximum absolute atomic E-state index is 12.6. The molecular formula is C13H18FNO. The van der Waals surface area contributed by atoms with Crippen LogP contribution in [0.15, 0.2) is 24.3 Å². The Balaban J connectivity index is 2.48. The van der Waals surface area contributed by atoms with Crippen LogP contribution < -0.4 is 5.32 Å². The standard InChI is InChI=1S/C13H18FNO/c1-9(2)10(3)15-13(16)8-11-4-6-12(14)7-5-11/h4-7,9-10H,8H2,1-3H3,(H,15,16)/t10-/m0/s1. The van der Waals surface area contributed by atoms with Gasteiger partial charge in [-0.2, -0.15) is 0 Å². The molecule has 1 aromatic carbocycles. The highest BCUT2D eigenvalue weighted by Gasteiger charge is 2.10. The Morgan fingerprint density at radius 2 is 1.81 bits per heavy atom. The Morgan fingerprint density at radius 1 is 1.25 bits per heavy atom. The van der Waals surface area contributed by atoms with Crippen LogP contribution in [0.2, 0.25) is 0 Å². The number of rotatable bonds is 4. The van der Waals surface area contributed by atoms with Crippen LogP contribution in [0.1, 0.15) is 26.3 Å². The third-order valence-electron chi connectivity index (χ3n) is 2.67. The van der Waals surface area contributed by atoms with Crippen molar-refractivity contribution in [3.8, 4) is 0 Å². The summed E-state index contributed by atoms with van der Waals surface area (Å²) >= 11 is 0. The van der Waals surface area contributed by atoms with E-state index < -0.39 is 0 Å². The van der Waals surface area contributed by atoms with Crippen LogP contribution in [0.5, 0.6) is 0 Å². The van der Waals surface area contributed by atoms with Gasteiger partial charge in [0.15, 0.2) is 0 Å². The first kappa shape index (κ1) is 12.7. The molecule has 2 nitrogen and oxygen atoms in total. The number of benzene rings is 1. The van der Waals surface area contributed by atoms with Gasteiger partial charge >= 0.3 is 0 Å². The lowest BCUT2D eigenvalue weighted by molar-refractivity contribution is -0.121. The first-order valence-corrected chi connectivity index (χ1v) is 5.53. The molecule has 1 N–H and O–H groups in total. The quantitative estimate of drug-likeness (QED) is 0.835. The molecule has 0 aliphatic rings. The van der Waals surface area contributed by atoms with Crippen molar-refractivity contribution in [2.24, 2.45) is 5.92 Å². The third kappa shape index (κ3) is 4.01. The first-order chi connectivity index (χ1) is 7.49. The molecule has 0 radical (unpaired) electrons. The predicted octanol–water partition coefficient (Wildman–Crippen LogP) is 2.53. The number of hydrogen-bond acceptors (Lipinski definition) is 1. The van der Waals surface area contributed by atoms with E-state index in [-0.39, 0.29) is 17.8 Å². The fraction of sp³-hybridized carbons (Fsp3) is 0.462. The van der Waals surface area contributed by atoms with Crippen LogP contribution in [-0.4, -0.2) is 11.9 Å². The highest BCUT2D eigenvalue weighted by Crippen LogP contribution is 2.05. The zero-order valence-corrected chi connectivity index (χ0v) is 9.96. The molecule has 0 unspecified atom stereocenters. The fourth-order valence-electron chi connectivity index (χ4n) is 1.26. The molecule has 0 saturated carbocycles. The Labute approximate surface area is 95.9 Å². The van der Waals surface area contributed by atoms with Crippen LogP contribution >= 0.6 is 0 Å². The number of halogens is 1. The lowest BCUT2D eigenvalue weighted by atomic mass is 10.1. The van der Waals surface area contributed by atoms with Crippen LogP contribution in [0.3, 0.4) is 0 Å². The minimum absolute atomic E-state index is 0.0205. The number of carbonyl (C=O) groups is 1. The van der Waals surface area contributed by atoms with Crippen molar-refractivity contribution in [1.29, 1.82) is 0 Å². The van der Waals surface area contributed by atoms with E-state index in [2.05, 4.69) is 19.2 Å². The van der Waals surface area contributed by atoms with E-state index in [1.165, 1.54) is 12.1 Å². The number of carbonyl (C=O) groups excluding carboxylic acids is 1. The second-order valence-electron chi connectivity index (χ2n) is 4.40. The van der Waals surface area contributed by atoms with E-state index in [1.54, 1.807) is 12.1 Å². The molecule has 1 rings (SSSR count). The van der Waals surface area contributed by atoms with Gasteiger partial charge in [-0.3, -0.25) is 4.79 Å². The van der Waals surface area contributed by atoms with Gasteiger partial charge in [-0.25, -0.2) is 4.39 Å². The molecule has 0 spiro atoms. The van der Waals surface area contributed by atoms with E-state index in [9.17, 15) is 9.18 Å². The van der Waals surface area contributed by atoms with Crippen molar-refractivity contribution in [3.05, 3.63) is 35.6 Å². The molecule has 0 fully saturated rings. The Morgan fingerprint density at radius 3 is 2.31 bits per heavy atom. The third-order valence-corrected chi connectivity index (χ3v) is 2.67. The molecular weight excluding hydrogens is 205 g/mol. The van der Waals surface area contributed by atoms with Crippen LogP contribution in [-0.2, 0) is 11.2 Å². The largest absolute Gasteiger partial charge is 0.353 e. The van der Waals surface area contributed by atoms with Crippen LogP contribution in [0.4, 0.5) is 4.39 Å². The molecule has 16 heavy (non-hydrogen) atoms. The molecule has 1 atom stereocenters. The van der Waals surface area contributed by atoms with E-state index in [1.807, 2.05) is 6.92 Å². The summed E-state index contributed by atoms with van der Waals surface area (Å²) in [6.45, 7) is 6.10. The molecule has 1 amide bonds. The second-order valence-corrected chi connectivity index (χ2v) is 4.40. The molecule has 1 aromatic rings. The Hall–Kier alpha value is -1.38. The zero-order valence-electron chi connectivity index (χ0n) is 9.96. The summed E-state index contributed by atoms with van der Waals surface area (Å²) in [5, 5.41) is 2.91. The van der Waals surface area contributed by atoms with Gasteiger partial charge in [-0.15, -0.1) is 0 Å². The molecule has 0 saturated heterocycles. The van der Waals surface area contributed by atoms with Crippen molar-refractivity contribution in [1.82, 2.24) is 5.32 Å². The Kier molecular flexibility index (Phi) is 4.47. The first-order valence-electron chi connectivity index (χ1n) is 5.53. The van der Waals surface area contributed by atoms with E-state index in [0.717, 1.165) is 5.56 Å². The topological polar surface area (TPSA) is 29.1 Å². The summed E-state index contributed by atoms with van der Waals surface area (Å²) in [4.78, 5) is 11.6. The minimum atomic E-state index is -0.278. The molecule has 0 aromatic heterocycles. The Bertz CT molecular complexity index is 345. The summed E-state index contributed by atoms with van der Waals surface area (Å²) in [5.41, 5.74) is 0.829. The summed E-state index contributed by atoms with van der Waals surface area (Å²) in [5.74, 6) is 0.115. The smallest absolute Gasteiger partial charge is 0.224 e. The summed E-state index contributed by atoms with van der Waals surface area (Å²) in [7, 11) is 0. The lowest BCUT2D eigenvalue weighted by Gasteiger charge is -2.17. The maximum atomic E-state index is 12.6. The van der Waals surface area contributed by atoms with Gasteiger partial charge in [0.1, 0.15) is 5.82 Å². The highest BCUT2D eigenvalue weighted by molar-refractivity contribution is 5.78. The summed E-state index contributed by atoms with van der Waals surface area (Å²) in [6, 6.07) is 6.17. The highest BCUT2D eigenvalue weighted by atomic mass is 19.1. The van der Waals surface area contributed by atoms with Gasteiger partial charge in [0.05, 0.1) is 6.42 Å². The lowest BCUT2D eigenvalue weighted by Crippen LogP contribution is -2.37. The molecule has 3 heteroatoms. The van der Waals surface area contributed by atoms with Gasteiger partial charge in [-0.1, -0.05) is 26.0 Å². The van der Waals surface area contributed by atoms with Crippen LogP contribution in [0.25, 0.3) is 0 Å². The molecule has 0 bridgehead atoms. The number of hydrogen-bond donors (Lipinski definition) is 1. The van der Waals surface area contributed by atoms with Crippen molar-refractivity contribution >= 4 is 5.91 Å². The average Bonchev–Trinajstić information content (AvgIpc) is 2.21. The normalized spacial score (nSPS) is 12.6. The average molecular weight is 223 g/mol. The van der Waals surface area contributed by atoms with Crippen LogP contribution in [0, 0.1) is 11.7 Å². The van der Waals surface area contributed by atoms with Crippen molar-refractivity contribution in [2.75, 3.05) is 0 Å². The maximum Gasteiger partial charge on any atom is 0.224 e. The van der Waals surface area contributed by atoms with Gasteiger partial charge in [0.25, 0.3) is 0 Å². The summed E-state index contributed by atoms with van der Waals surface area (Å²) in [6.07, 6.45) is 0.303. The van der Waals surface area contributed by atoms with Crippen molar-refractivity contribution < 1.29 is 9.18 Å². The molecule has 0 heterocycles. The second kappa shape index (κ2) is 5.64. The van der Waals surface area contributed by atoms with Gasteiger partial charge in [-0.05, 0) is 30.5 Å². The zero-order chi connectivity index (χ0) is 12.1. The number of amides is 1. The summed E-state index contributed by atoms with van der Waals surface area (Å²) < 4.78 is 12.6. The predicted molar refractivity (Wildman–Crippen MR) is 62.5 cm³/mol. The molecule has 0 aliphatic carbocycles. The van der Waals surface area contributed by atoms with Crippen molar-refractivity contribution in [2.45, 2.75) is 33.2 Å². The SMILES string of the molecule is CC(C)[C@H](C)NC(=O)Cc1ccc(F)cc1. The van der Waals surface area contributed by atoms with E-state index in [4.69, 9.17) is 0 Å². The van der Waals surface area contributed by atoms with Gasteiger partial charge in [0.2, 0.25) is 5.91 Å². The number of nitrogens with one attached hydrogen (secondary N) is 1. The van der Waals surface area contributed by atoms with Gasteiger partial charge in [0, 0.05) is 6.04 Å². The minimum Gasteiger partial charge on any atom is -0.353 e. The molecule has 0 aliphatic heterocycles. The molecule has 88 valence electrons. The van der Waals surface area contributed by atoms with E-state index >= 15 is 0 Å². The fourth-order valence-corrected chi connectivity index (χ4v) is 1.26.